The second-order valence-corrected chi connectivity index (χ2v) is 7.79. The van der Waals surface area contributed by atoms with Crippen LogP contribution in [0.1, 0.15) is 12.5 Å². The van der Waals surface area contributed by atoms with Crippen molar-refractivity contribution in [1.82, 2.24) is 4.90 Å². The average molecular weight is 492 g/mol. The molecule has 2 heterocycles. The number of anilines is 1. The van der Waals surface area contributed by atoms with Crippen LogP contribution >= 0.6 is 34.8 Å². The summed E-state index contributed by atoms with van der Waals surface area (Å²) in [5, 5.41) is 6.50. The molecule has 2 aliphatic heterocycles. The third kappa shape index (κ3) is 4.00. The molecule has 0 fully saturated rings. The van der Waals surface area contributed by atoms with Crippen molar-refractivity contribution in [1.29, 1.82) is 0 Å². The molecule has 32 heavy (non-hydrogen) atoms. The van der Waals surface area contributed by atoms with E-state index in [0.717, 1.165) is 4.90 Å². The van der Waals surface area contributed by atoms with Gasteiger partial charge in [-0.3, -0.25) is 9.59 Å². The Morgan fingerprint density at radius 1 is 1.06 bits per heavy atom. The molecule has 0 bridgehead atoms. The number of rotatable bonds is 4. The molecule has 0 atom stereocenters. The first kappa shape index (κ1) is 22.0. The molecule has 0 saturated heterocycles. The minimum atomic E-state index is -0.844. The van der Waals surface area contributed by atoms with Crippen LogP contribution in [0.4, 0.5) is 5.69 Å². The number of guanidine groups is 1. The monoisotopic (exact) mass is 490 g/mol. The second-order valence-electron chi connectivity index (χ2n) is 6.51. The van der Waals surface area contributed by atoms with Gasteiger partial charge in [0.1, 0.15) is 5.57 Å². The number of ether oxygens (including phenoxy) is 1. The molecule has 2 aromatic carbocycles. The van der Waals surface area contributed by atoms with E-state index in [1.807, 2.05) is 0 Å². The minimum Gasteiger partial charge on any atom is -0.460 e. The topological polar surface area (TPSA) is 91.6 Å². The van der Waals surface area contributed by atoms with Crippen molar-refractivity contribution in [2.45, 2.75) is 6.92 Å². The summed E-state index contributed by atoms with van der Waals surface area (Å²) in [5.41, 5.74) is 0.522. The number of amidine groups is 1. The number of carbonyl (C=O) groups is 3. The summed E-state index contributed by atoms with van der Waals surface area (Å²) in [6, 6.07) is 11.0. The molecule has 11 heteroatoms. The van der Waals surface area contributed by atoms with Crippen LogP contribution in [-0.4, -0.2) is 41.1 Å². The maximum atomic E-state index is 13.3. The molecule has 162 valence electrons. The normalized spacial score (nSPS) is 16.8. The fourth-order valence-corrected chi connectivity index (χ4v) is 3.59. The summed E-state index contributed by atoms with van der Waals surface area (Å²) >= 11 is 18.0. The van der Waals surface area contributed by atoms with Gasteiger partial charge < -0.3 is 4.74 Å². The molecule has 0 aromatic heterocycles. The predicted octanol–water partition coefficient (Wildman–Crippen LogP) is 4.15. The quantitative estimate of drug-likeness (QED) is 0.364. The lowest BCUT2D eigenvalue weighted by atomic mass is 10.1. The second kappa shape index (κ2) is 8.74. The number of carbonyl (C=O) groups excluding carboxylic acids is 3. The minimum absolute atomic E-state index is 0.0648. The van der Waals surface area contributed by atoms with E-state index in [1.54, 1.807) is 43.3 Å². The van der Waals surface area contributed by atoms with Crippen molar-refractivity contribution in [2.75, 3.05) is 11.6 Å². The van der Waals surface area contributed by atoms with Gasteiger partial charge in [-0.1, -0.05) is 40.9 Å². The first-order valence-electron chi connectivity index (χ1n) is 9.25. The Hall–Kier alpha value is -3.20. The lowest BCUT2D eigenvalue weighted by molar-refractivity contribution is -0.137. The fourth-order valence-electron chi connectivity index (χ4n) is 3.00. The number of esters is 1. The molecule has 0 radical (unpaired) electrons. The summed E-state index contributed by atoms with van der Waals surface area (Å²) < 4.78 is 5.03. The maximum absolute atomic E-state index is 13.3. The highest BCUT2D eigenvalue weighted by molar-refractivity contribution is 6.50. The van der Waals surface area contributed by atoms with Crippen LogP contribution in [-0.2, 0) is 19.1 Å². The predicted molar refractivity (Wildman–Crippen MR) is 122 cm³/mol. The zero-order chi connectivity index (χ0) is 23.0. The molecular weight excluding hydrogens is 479 g/mol. The van der Waals surface area contributed by atoms with Gasteiger partial charge in [0.25, 0.3) is 11.8 Å². The Morgan fingerprint density at radius 3 is 2.41 bits per heavy atom. The fraction of sp³-hybridized carbons (Fsp3) is 0.0952. The van der Waals surface area contributed by atoms with E-state index in [4.69, 9.17) is 39.5 Å². The highest BCUT2D eigenvalue weighted by atomic mass is 35.5. The number of nitrogens with zero attached hydrogens (tertiary/aromatic N) is 4. The van der Waals surface area contributed by atoms with E-state index in [-0.39, 0.29) is 29.0 Å². The Labute approximate surface area is 197 Å². The van der Waals surface area contributed by atoms with Crippen molar-refractivity contribution in [2.24, 2.45) is 10.1 Å². The number of hydrogen-bond acceptors (Lipinski definition) is 6. The molecule has 0 aliphatic carbocycles. The molecule has 4 rings (SSSR count). The van der Waals surface area contributed by atoms with Gasteiger partial charge in [-0.05, 0) is 55.0 Å². The van der Waals surface area contributed by atoms with Crippen molar-refractivity contribution < 1.29 is 19.1 Å². The van der Waals surface area contributed by atoms with Gasteiger partial charge in [-0.15, -0.1) is 5.10 Å². The molecule has 0 spiro atoms. The van der Waals surface area contributed by atoms with Gasteiger partial charge in [0.05, 0.1) is 12.3 Å². The smallest absolute Gasteiger partial charge is 0.376 e. The SMILES string of the molecule is CCOC(=O)C1=NN(c2ccc(Cl)cc2)C2=NC(=O)/C(=C/c3ccc(Cl)cc3Cl)C(=O)N12. The van der Waals surface area contributed by atoms with Gasteiger partial charge in [0.15, 0.2) is 0 Å². The van der Waals surface area contributed by atoms with E-state index < -0.39 is 17.8 Å². The average Bonchev–Trinajstić information content (AvgIpc) is 3.13. The highest BCUT2D eigenvalue weighted by Crippen LogP contribution is 2.30. The van der Waals surface area contributed by atoms with Crippen molar-refractivity contribution in [3.63, 3.8) is 0 Å². The summed E-state index contributed by atoms with van der Waals surface area (Å²) in [7, 11) is 0. The van der Waals surface area contributed by atoms with Gasteiger partial charge in [0.2, 0.25) is 11.8 Å². The van der Waals surface area contributed by atoms with Gasteiger partial charge >= 0.3 is 5.97 Å². The van der Waals surface area contributed by atoms with Gasteiger partial charge in [-0.25, -0.2) is 9.69 Å². The number of benzene rings is 2. The van der Waals surface area contributed by atoms with Gasteiger partial charge in [0, 0.05) is 15.1 Å². The number of amides is 2. The van der Waals surface area contributed by atoms with E-state index >= 15 is 0 Å². The van der Waals surface area contributed by atoms with Crippen LogP contribution in [0.15, 0.2) is 58.1 Å². The number of hydrogen-bond donors (Lipinski definition) is 0. The third-order valence-electron chi connectivity index (χ3n) is 4.45. The van der Waals surface area contributed by atoms with Crippen molar-refractivity contribution in [3.05, 3.63) is 68.7 Å². The summed E-state index contributed by atoms with van der Waals surface area (Å²) in [6.07, 6.45) is 1.29. The molecule has 2 amide bonds. The summed E-state index contributed by atoms with van der Waals surface area (Å²) in [6.45, 7) is 1.68. The van der Waals surface area contributed by atoms with Gasteiger partial charge in [-0.2, -0.15) is 10.0 Å². The standard InChI is InChI=1S/C21H13Cl3N4O4/c1-2-32-20(31)17-26-28(14-7-5-12(22)6-8-14)21-25-18(29)15(19(30)27(17)21)9-11-3-4-13(23)10-16(11)24/h3-10H,2H2,1H3/b15-9-. The van der Waals surface area contributed by atoms with E-state index in [9.17, 15) is 14.4 Å². The Kier molecular flexibility index (Phi) is 6.01. The first-order valence-corrected chi connectivity index (χ1v) is 10.4. The maximum Gasteiger partial charge on any atom is 0.376 e. The molecule has 8 nitrogen and oxygen atoms in total. The first-order chi connectivity index (χ1) is 15.3. The zero-order valence-corrected chi connectivity index (χ0v) is 18.6. The molecular formula is C21H13Cl3N4O4. The Balaban J connectivity index is 1.82. The molecule has 2 aromatic rings. The molecule has 0 unspecified atom stereocenters. The van der Waals surface area contributed by atoms with Crippen molar-refractivity contribution >= 4 is 76.1 Å². The highest BCUT2D eigenvalue weighted by Gasteiger charge is 2.46. The van der Waals surface area contributed by atoms with E-state index in [0.29, 0.717) is 21.3 Å². The number of fused-ring (bicyclic) bond motifs is 1. The lowest BCUT2D eigenvalue weighted by Gasteiger charge is -2.24. The Morgan fingerprint density at radius 2 is 1.75 bits per heavy atom. The van der Waals surface area contributed by atoms with E-state index in [2.05, 4.69) is 10.1 Å². The molecule has 0 saturated carbocycles. The van der Waals surface area contributed by atoms with Crippen LogP contribution in [0.5, 0.6) is 0 Å². The van der Waals surface area contributed by atoms with Crippen LogP contribution in [0.25, 0.3) is 6.08 Å². The van der Waals surface area contributed by atoms with Crippen LogP contribution in [0, 0.1) is 0 Å². The third-order valence-corrected chi connectivity index (χ3v) is 5.27. The van der Waals surface area contributed by atoms with Crippen molar-refractivity contribution in [3.8, 4) is 0 Å². The van der Waals surface area contributed by atoms with Crippen LogP contribution in [0.3, 0.4) is 0 Å². The van der Waals surface area contributed by atoms with Crippen LogP contribution in [0.2, 0.25) is 15.1 Å². The number of hydrazone groups is 1. The van der Waals surface area contributed by atoms with Crippen LogP contribution < -0.4 is 5.01 Å². The molecule has 0 N–H and O–H groups in total. The number of aliphatic imine (C=N–C) groups is 1. The lowest BCUT2D eigenvalue weighted by Crippen LogP contribution is -2.49. The zero-order valence-electron chi connectivity index (χ0n) is 16.4. The molecule has 2 aliphatic rings. The largest absolute Gasteiger partial charge is 0.460 e. The van der Waals surface area contributed by atoms with E-state index in [1.165, 1.54) is 17.2 Å². The summed E-state index contributed by atoms with van der Waals surface area (Å²) in [4.78, 5) is 43.5. The Bertz CT molecular complexity index is 1240. The number of halogens is 3. The summed E-state index contributed by atoms with van der Waals surface area (Å²) in [5.74, 6) is -2.93.